The van der Waals surface area contributed by atoms with Crippen molar-refractivity contribution in [2.45, 2.75) is 33.7 Å². The Bertz CT molecular complexity index is 1020. The first-order valence-electron chi connectivity index (χ1n) is 10.2. The zero-order chi connectivity index (χ0) is 22.2. The van der Waals surface area contributed by atoms with Gasteiger partial charge in [0, 0.05) is 17.0 Å². The zero-order valence-corrected chi connectivity index (χ0v) is 18.1. The molecular formula is C24H27NO6. The number of hydrogen-bond acceptors (Lipinski definition) is 6. The number of nitrogens with zero attached hydrogens (tertiary/aromatic N) is 1. The van der Waals surface area contributed by atoms with Crippen LogP contribution in [-0.4, -0.2) is 36.1 Å². The molecule has 7 nitrogen and oxygen atoms in total. The van der Waals surface area contributed by atoms with E-state index in [0.717, 1.165) is 17.1 Å². The summed E-state index contributed by atoms with van der Waals surface area (Å²) < 4.78 is 23.6. The van der Waals surface area contributed by atoms with Crippen LogP contribution in [-0.2, 0) is 16.1 Å². The van der Waals surface area contributed by atoms with E-state index in [1.165, 1.54) is 0 Å². The Morgan fingerprint density at radius 2 is 1.77 bits per heavy atom. The third-order valence-electron chi connectivity index (χ3n) is 4.85. The Morgan fingerprint density at radius 3 is 2.45 bits per heavy atom. The molecule has 0 aliphatic rings. The number of aryl methyl sites for hydroxylation is 1. The van der Waals surface area contributed by atoms with Gasteiger partial charge in [0.1, 0.15) is 5.76 Å². The van der Waals surface area contributed by atoms with Crippen LogP contribution in [0, 0.1) is 13.8 Å². The summed E-state index contributed by atoms with van der Waals surface area (Å²) in [4.78, 5) is 24.6. The van der Waals surface area contributed by atoms with Gasteiger partial charge in [0.05, 0.1) is 32.4 Å². The van der Waals surface area contributed by atoms with Crippen molar-refractivity contribution < 1.29 is 28.2 Å². The van der Waals surface area contributed by atoms with Crippen molar-refractivity contribution in [2.24, 2.45) is 0 Å². The second kappa shape index (κ2) is 10.5. The van der Waals surface area contributed by atoms with E-state index in [9.17, 15) is 9.59 Å². The van der Waals surface area contributed by atoms with Crippen molar-refractivity contribution in [3.05, 3.63) is 71.4 Å². The van der Waals surface area contributed by atoms with Crippen molar-refractivity contribution in [1.82, 2.24) is 4.57 Å². The highest BCUT2D eigenvalue weighted by Gasteiger charge is 2.18. The summed E-state index contributed by atoms with van der Waals surface area (Å²) in [5.74, 6) is 1.26. The Labute approximate surface area is 181 Å². The Balaban J connectivity index is 1.49. The molecule has 0 spiro atoms. The van der Waals surface area contributed by atoms with Gasteiger partial charge in [0.25, 0.3) is 0 Å². The van der Waals surface area contributed by atoms with E-state index in [1.807, 2.05) is 55.7 Å². The maximum atomic E-state index is 12.6. The molecule has 0 saturated heterocycles. The molecule has 0 aliphatic carbocycles. The molecule has 1 aromatic carbocycles. The average molecular weight is 425 g/mol. The lowest BCUT2D eigenvalue weighted by Gasteiger charge is -2.11. The van der Waals surface area contributed by atoms with Gasteiger partial charge in [0.15, 0.2) is 18.1 Å². The predicted molar refractivity (Wildman–Crippen MR) is 115 cm³/mol. The van der Waals surface area contributed by atoms with E-state index in [1.54, 1.807) is 18.4 Å². The van der Waals surface area contributed by atoms with Crippen molar-refractivity contribution in [3.8, 4) is 11.5 Å². The number of hydrogen-bond donors (Lipinski definition) is 0. The van der Waals surface area contributed by atoms with Gasteiger partial charge < -0.3 is 23.2 Å². The quantitative estimate of drug-likeness (QED) is 0.336. The number of Topliss-reactive ketones (excluding diaryl/α,β-unsaturated/α-hetero) is 1. The van der Waals surface area contributed by atoms with E-state index in [0.29, 0.717) is 30.2 Å². The van der Waals surface area contributed by atoms with Crippen LogP contribution in [0.5, 0.6) is 11.5 Å². The molecule has 0 aliphatic heterocycles. The number of aromatic nitrogens is 1. The number of para-hydroxylation sites is 2. The zero-order valence-electron chi connectivity index (χ0n) is 18.1. The van der Waals surface area contributed by atoms with E-state index < -0.39 is 5.97 Å². The molecule has 0 unspecified atom stereocenters. The molecule has 3 rings (SSSR count). The van der Waals surface area contributed by atoms with E-state index in [-0.39, 0.29) is 25.4 Å². The van der Waals surface area contributed by atoms with Crippen LogP contribution in [0.25, 0.3) is 0 Å². The topological polar surface area (TPSA) is 79.9 Å². The Morgan fingerprint density at radius 1 is 1.03 bits per heavy atom. The van der Waals surface area contributed by atoms with Crippen LogP contribution in [0.15, 0.2) is 53.1 Å². The van der Waals surface area contributed by atoms with Gasteiger partial charge in [-0.1, -0.05) is 12.1 Å². The molecule has 31 heavy (non-hydrogen) atoms. The summed E-state index contributed by atoms with van der Waals surface area (Å²) in [6.45, 7) is 6.57. The van der Waals surface area contributed by atoms with Gasteiger partial charge in [-0.2, -0.15) is 0 Å². The van der Waals surface area contributed by atoms with Crippen molar-refractivity contribution in [3.63, 3.8) is 0 Å². The summed E-state index contributed by atoms with van der Waals surface area (Å²) >= 11 is 0. The number of ketones is 1. The lowest BCUT2D eigenvalue weighted by Crippen LogP contribution is -2.17. The fourth-order valence-electron chi connectivity index (χ4n) is 3.27. The fourth-order valence-corrected chi connectivity index (χ4v) is 3.27. The molecule has 0 amide bonds. The van der Waals surface area contributed by atoms with Crippen LogP contribution < -0.4 is 9.47 Å². The van der Waals surface area contributed by atoms with Crippen molar-refractivity contribution in [2.75, 3.05) is 19.8 Å². The minimum absolute atomic E-state index is 0.0330. The highest BCUT2D eigenvalue weighted by atomic mass is 16.5. The van der Waals surface area contributed by atoms with Gasteiger partial charge >= 0.3 is 5.97 Å². The molecule has 2 aromatic heterocycles. The molecule has 0 bridgehead atoms. The molecule has 0 fully saturated rings. The first kappa shape index (κ1) is 22.2. The predicted octanol–water partition coefficient (Wildman–Crippen LogP) is 4.34. The molecule has 7 heteroatoms. The van der Waals surface area contributed by atoms with Crippen LogP contribution in [0.1, 0.15) is 40.9 Å². The highest BCUT2D eigenvalue weighted by Crippen LogP contribution is 2.26. The summed E-state index contributed by atoms with van der Waals surface area (Å²) in [6.07, 6.45) is 1.65. The van der Waals surface area contributed by atoms with Crippen LogP contribution in [0.3, 0.4) is 0 Å². The molecule has 164 valence electrons. The Kier molecular flexibility index (Phi) is 7.54. The summed E-state index contributed by atoms with van der Waals surface area (Å²) in [6, 6.07) is 12.8. The molecule has 0 saturated carbocycles. The summed E-state index contributed by atoms with van der Waals surface area (Å²) in [7, 11) is 0. The number of carbonyl (C=O) groups excluding carboxylic acids is 2. The lowest BCUT2D eigenvalue weighted by atomic mass is 10.1. The molecule has 0 atom stereocenters. The van der Waals surface area contributed by atoms with Crippen molar-refractivity contribution in [1.29, 1.82) is 0 Å². The smallest absolute Gasteiger partial charge is 0.309 e. The van der Waals surface area contributed by atoms with Gasteiger partial charge in [-0.3, -0.25) is 9.59 Å². The second-order valence-corrected chi connectivity index (χ2v) is 7.01. The largest absolute Gasteiger partial charge is 0.490 e. The molecular weight excluding hydrogens is 398 g/mol. The van der Waals surface area contributed by atoms with Gasteiger partial charge in [-0.05, 0) is 51.1 Å². The number of benzene rings is 1. The van der Waals surface area contributed by atoms with E-state index in [4.69, 9.17) is 18.6 Å². The summed E-state index contributed by atoms with van der Waals surface area (Å²) in [5.41, 5.74) is 2.29. The van der Waals surface area contributed by atoms with Crippen molar-refractivity contribution >= 4 is 11.8 Å². The SMILES string of the molecule is CCOc1ccccc1OCCC(=O)OCC(=O)c1cc(C)n(Cc2ccco2)c1C. The molecule has 0 N–H and O–H groups in total. The van der Waals surface area contributed by atoms with Crippen LogP contribution in [0.4, 0.5) is 0 Å². The number of furan rings is 1. The Hall–Kier alpha value is -3.48. The fraction of sp³-hybridized carbons (Fsp3) is 0.333. The third-order valence-corrected chi connectivity index (χ3v) is 4.85. The normalized spacial score (nSPS) is 10.7. The second-order valence-electron chi connectivity index (χ2n) is 7.01. The first-order valence-corrected chi connectivity index (χ1v) is 10.2. The van der Waals surface area contributed by atoms with Crippen LogP contribution >= 0.6 is 0 Å². The van der Waals surface area contributed by atoms with E-state index in [2.05, 4.69) is 0 Å². The van der Waals surface area contributed by atoms with Gasteiger partial charge in [-0.15, -0.1) is 0 Å². The summed E-state index contributed by atoms with van der Waals surface area (Å²) in [5, 5.41) is 0. The number of esters is 1. The molecule has 2 heterocycles. The molecule has 0 radical (unpaired) electrons. The maximum absolute atomic E-state index is 12.6. The first-order chi connectivity index (χ1) is 15.0. The minimum atomic E-state index is -0.494. The van der Waals surface area contributed by atoms with Crippen LogP contribution in [0.2, 0.25) is 0 Å². The minimum Gasteiger partial charge on any atom is -0.490 e. The number of rotatable bonds is 11. The average Bonchev–Trinajstić information content (AvgIpc) is 3.37. The number of ether oxygens (including phenoxy) is 3. The van der Waals surface area contributed by atoms with Gasteiger partial charge in [0.2, 0.25) is 5.78 Å². The third kappa shape index (κ3) is 5.78. The van der Waals surface area contributed by atoms with E-state index >= 15 is 0 Å². The highest BCUT2D eigenvalue weighted by molar-refractivity contribution is 5.99. The molecule has 3 aromatic rings. The number of carbonyl (C=O) groups is 2. The lowest BCUT2D eigenvalue weighted by molar-refractivity contribution is -0.143. The monoisotopic (exact) mass is 425 g/mol. The maximum Gasteiger partial charge on any atom is 0.309 e. The van der Waals surface area contributed by atoms with Gasteiger partial charge in [-0.25, -0.2) is 0 Å². The standard InChI is InChI=1S/C24H27NO6/c1-4-28-22-9-5-6-10-23(22)30-13-11-24(27)31-16-21(26)20-14-17(2)25(18(20)3)15-19-8-7-12-29-19/h5-10,12,14H,4,11,13,15-16H2,1-3H3.